The first-order chi connectivity index (χ1) is 6.77. The molecule has 0 spiro atoms. The molecule has 14 heavy (non-hydrogen) atoms. The molecule has 4 nitrogen and oxygen atoms in total. The summed E-state index contributed by atoms with van der Waals surface area (Å²) >= 11 is 3.27. The van der Waals surface area contributed by atoms with Gasteiger partial charge in [0.15, 0.2) is 0 Å². The quantitative estimate of drug-likeness (QED) is 0.833. The number of anilines is 1. The largest absolute Gasteiger partial charge is 0.383 e. The Morgan fingerprint density at radius 2 is 2.43 bits per heavy atom. The van der Waals surface area contributed by atoms with Gasteiger partial charge in [0.2, 0.25) is 0 Å². The minimum absolute atomic E-state index is 0.305. The number of hydrogen-bond donors (Lipinski definition) is 1. The Morgan fingerprint density at radius 1 is 1.57 bits per heavy atom. The van der Waals surface area contributed by atoms with E-state index in [0.29, 0.717) is 18.3 Å². The van der Waals surface area contributed by atoms with E-state index in [1.807, 2.05) is 0 Å². The number of nitrogen functional groups attached to an aromatic ring is 1. The van der Waals surface area contributed by atoms with Crippen LogP contribution in [0.2, 0.25) is 0 Å². The smallest absolute Gasteiger partial charge is 0.141 e. The molecule has 2 N–H and O–H groups in total. The van der Waals surface area contributed by atoms with Crippen molar-refractivity contribution in [3.8, 4) is 0 Å². The van der Waals surface area contributed by atoms with E-state index in [1.165, 1.54) is 0 Å². The Morgan fingerprint density at radius 3 is 3.07 bits per heavy atom. The average molecular weight is 258 g/mol. The van der Waals surface area contributed by atoms with Crippen molar-refractivity contribution in [2.24, 2.45) is 0 Å². The molecular formula is C9H12BrN3O. The summed E-state index contributed by atoms with van der Waals surface area (Å²) in [5.41, 5.74) is 5.69. The first-order valence-electron chi connectivity index (χ1n) is 4.63. The van der Waals surface area contributed by atoms with Crippen molar-refractivity contribution in [3.63, 3.8) is 0 Å². The maximum atomic E-state index is 5.69. The Kier molecular flexibility index (Phi) is 2.98. The molecule has 5 heteroatoms. The molecule has 1 atom stereocenters. The SMILES string of the molecule is Nc1nc(C2CCCOC2)ncc1Br. The van der Waals surface area contributed by atoms with Crippen LogP contribution in [0.5, 0.6) is 0 Å². The van der Waals surface area contributed by atoms with Crippen LogP contribution in [-0.2, 0) is 4.74 Å². The molecule has 0 amide bonds. The summed E-state index contributed by atoms with van der Waals surface area (Å²) in [6, 6.07) is 0. The monoisotopic (exact) mass is 257 g/mol. The molecular weight excluding hydrogens is 246 g/mol. The van der Waals surface area contributed by atoms with Crippen molar-refractivity contribution in [3.05, 3.63) is 16.5 Å². The molecule has 1 aliphatic rings. The molecule has 0 radical (unpaired) electrons. The van der Waals surface area contributed by atoms with Gasteiger partial charge in [0.25, 0.3) is 0 Å². The topological polar surface area (TPSA) is 61.0 Å². The van der Waals surface area contributed by atoms with Crippen LogP contribution >= 0.6 is 15.9 Å². The summed E-state index contributed by atoms with van der Waals surface area (Å²) in [6.45, 7) is 1.56. The summed E-state index contributed by atoms with van der Waals surface area (Å²) in [7, 11) is 0. The van der Waals surface area contributed by atoms with Crippen LogP contribution in [0.4, 0.5) is 5.82 Å². The molecule has 1 fully saturated rings. The molecule has 76 valence electrons. The molecule has 1 aromatic rings. The number of rotatable bonds is 1. The van der Waals surface area contributed by atoms with Gasteiger partial charge in [0.1, 0.15) is 11.6 Å². The first kappa shape index (κ1) is 9.86. The fourth-order valence-corrected chi connectivity index (χ4v) is 1.73. The van der Waals surface area contributed by atoms with Gasteiger partial charge in [0, 0.05) is 18.7 Å². The van der Waals surface area contributed by atoms with Crippen LogP contribution in [0, 0.1) is 0 Å². The molecule has 0 aromatic carbocycles. The van der Waals surface area contributed by atoms with Gasteiger partial charge in [-0.15, -0.1) is 0 Å². The van der Waals surface area contributed by atoms with Crippen molar-refractivity contribution >= 4 is 21.7 Å². The zero-order valence-corrected chi connectivity index (χ0v) is 9.33. The van der Waals surface area contributed by atoms with Crippen molar-refractivity contribution < 1.29 is 4.74 Å². The summed E-state index contributed by atoms with van der Waals surface area (Å²) in [5, 5.41) is 0. The zero-order valence-electron chi connectivity index (χ0n) is 7.74. The average Bonchev–Trinajstić information content (AvgIpc) is 2.23. The van der Waals surface area contributed by atoms with E-state index in [9.17, 15) is 0 Å². The molecule has 1 saturated heterocycles. The fraction of sp³-hybridized carbons (Fsp3) is 0.556. The van der Waals surface area contributed by atoms with Crippen LogP contribution in [-0.4, -0.2) is 23.2 Å². The number of aromatic nitrogens is 2. The molecule has 1 aromatic heterocycles. The van der Waals surface area contributed by atoms with Crippen LogP contribution in [0.15, 0.2) is 10.7 Å². The van der Waals surface area contributed by atoms with Gasteiger partial charge >= 0.3 is 0 Å². The van der Waals surface area contributed by atoms with E-state index >= 15 is 0 Å². The summed E-state index contributed by atoms with van der Waals surface area (Å²) in [6.07, 6.45) is 3.86. The second-order valence-corrected chi connectivity index (χ2v) is 4.23. The minimum atomic E-state index is 0.305. The normalized spacial score (nSPS) is 22.2. The van der Waals surface area contributed by atoms with Crippen LogP contribution in [0.3, 0.4) is 0 Å². The number of ether oxygens (including phenoxy) is 1. The van der Waals surface area contributed by atoms with Gasteiger partial charge in [-0.25, -0.2) is 9.97 Å². The molecule has 1 aliphatic heterocycles. The van der Waals surface area contributed by atoms with Crippen LogP contribution in [0.1, 0.15) is 24.6 Å². The van der Waals surface area contributed by atoms with Crippen molar-refractivity contribution in [1.29, 1.82) is 0 Å². The first-order valence-corrected chi connectivity index (χ1v) is 5.42. The highest BCUT2D eigenvalue weighted by molar-refractivity contribution is 9.10. The lowest BCUT2D eigenvalue weighted by Gasteiger charge is -2.20. The number of hydrogen-bond acceptors (Lipinski definition) is 4. The number of halogens is 1. The van der Waals surface area contributed by atoms with Gasteiger partial charge in [-0.05, 0) is 28.8 Å². The third-order valence-electron chi connectivity index (χ3n) is 2.32. The third kappa shape index (κ3) is 2.04. The van der Waals surface area contributed by atoms with Crippen molar-refractivity contribution in [2.45, 2.75) is 18.8 Å². The Balaban J connectivity index is 2.18. The highest BCUT2D eigenvalue weighted by Gasteiger charge is 2.19. The second-order valence-electron chi connectivity index (χ2n) is 3.38. The van der Waals surface area contributed by atoms with E-state index < -0.39 is 0 Å². The van der Waals surface area contributed by atoms with E-state index in [-0.39, 0.29) is 0 Å². The summed E-state index contributed by atoms with van der Waals surface area (Å²) in [4.78, 5) is 8.48. The van der Waals surface area contributed by atoms with Gasteiger partial charge in [-0.3, -0.25) is 0 Å². The Bertz CT molecular complexity index is 326. The third-order valence-corrected chi connectivity index (χ3v) is 2.93. The minimum Gasteiger partial charge on any atom is -0.383 e. The molecule has 2 heterocycles. The summed E-state index contributed by atoms with van der Waals surface area (Å²) < 4.78 is 6.12. The zero-order chi connectivity index (χ0) is 9.97. The lowest BCUT2D eigenvalue weighted by molar-refractivity contribution is 0.0781. The number of nitrogens with two attached hydrogens (primary N) is 1. The van der Waals surface area contributed by atoms with Crippen LogP contribution < -0.4 is 5.73 Å². The van der Waals surface area contributed by atoms with Crippen molar-refractivity contribution in [2.75, 3.05) is 18.9 Å². The van der Waals surface area contributed by atoms with Gasteiger partial charge in [-0.2, -0.15) is 0 Å². The molecule has 0 aliphatic carbocycles. The molecule has 2 rings (SSSR count). The standard InChI is InChI=1S/C9H12BrN3O/c10-7-4-12-9(13-8(7)11)6-2-1-3-14-5-6/h4,6H,1-3,5H2,(H2,11,12,13). The number of nitrogens with zero attached hydrogens (tertiary/aromatic N) is 2. The lowest BCUT2D eigenvalue weighted by Crippen LogP contribution is -2.18. The van der Waals surface area contributed by atoms with Gasteiger partial charge in [0.05, 0.1) is 11.1 Å². The Labute approximate surface area is 91.0 Å². The maximum absolute atomic E-state index is 5.69. The summed E-state index contributed by atoms with van der Waals surface area (Å²) in [5.74, 6) is 1.60. The highest BCUT2D eigenvalue weighted by atomic mass is 79.9. The van der Waals surface area contributed by atoms with E-state index in [0.717, 1.165) is 29.7 Å². The van der Waals surface area contributed by atoms with Gasteiger partial charge in [-0.1, -0.05) is 0 Å². The van der Waals surface area contributed by atoms with E-state index in [4.69, 9.17) is 10.5 Å². The van der Waals surface area contributed by atoms with Gasteiger partial charge < -0.3 is 10.5 Å². The Hall–Kier alpha value is -0.680. The predicted octanol–water partition coefficient (Wildman–Crippen LogP) is 1.72. The van der Waals surface area contributed by atoms with E-state index in [1.54, 1.807) is 6.20 Å². The molecule has 0 bridgehead atoms. The van der Waals surface area contributed by atoms with E-state index in [2.05, 4.69) is 25.9 Å². The lowest BCUT2D eigenvalue weighted by atomic mass is 10.0. The molecule has 1 unspecified atom stereocenters. The maximum Gasteiger partial charge on any atom is 0.141 e. The highest BCUT2D eigenvalue weighted by Crippen LogP contribution is 2.24. The molecule has 0 saturated carbocycles. The second kappa shape index (κ2) is 4.23. The fourth-order valence-electron chi connectivity index (χ4n) is 1.54. The predicted molar refractivity (Wildman–Crippen MR) is 56.9 cm³/mol. The van der Waals surface area contributed by atoms with Crippen LogP contribution in [0.25, 0.3) is 0 Å². The van der Waals surface area contributed by atoms with Crippen molar-refractivity contribution in [1.82, 2.24) is 9.97 Å².